The molecule has 1 aliphatic rings. The van der Waals surface area contributed by atoms with Crippen LogP contribution < -0.4 is 10.6 Å². The summed E-state index contributed by atoms with van der Waals surface area (Å²) in [7, 11) is 0. The highest BCUT2D eigenvalue weighted by molar-refractivity contribution is 7.18. The molecule has 1 amide bonds. The number of carbonyl (C=O) groups excluding carboxylic acids is 1. The number of hydrogen-bond donors (Lipinski definition) is 2. The Labute approximate surface area is 177 Å². The molecule has 0 saturated carbocycles. The lowest BCUT2D eigenvalue weighted by molar-refractivity contribution is -0.384. The molecule has 30 heavy (non-hydrogen) atoms. The van der Waals surface area contributed by atoms with E-state index in [1.54, 1.807) is 24.3 Å². The van der Waals surface area contributed by atoms with Gasteiger partial charge in [-0.15, -0.1) is 0 Å². The molecule has 1 aromatic heterocycles. The molecule has 154 valence electrons. The number of para-hydroxylation sites is 1. The Balaban J connectivity index is 1.61. The molecule has 0 aliphatic carbocycles. The summed E-state index contributed by atoms with van der Waals surface area (Å²) in [5.74, 6) is -0.280. The molecule has 4 rings (SSSR count). The first-order valence-corrected chi connectivity index (χ1v) is 10.4. The number of benzene rings is 2. The molecule has 0 radical (unpaired) electrons. The normalized spacial score (nSPS) is 15.7. The minimum absolute atomic E-state index is 0.0130. The summed E-state index contributed by atoms with van der Waals surface area (Å²) < 4.78 is 5.63. The zero-order valence-corrected chi connectivity index (χ0v) is 16.9. The molecule has 8 nitrogen and oxygen atoms in total. The fourth-order valence-corrected chi connectivity index (χ4v) is 4.09. The fraction of sp³-hybridized carbons (Fsp3) is 0.238. The smallest absolute Gasteiger partial charge is 0.269 e. The average Bonchev–Trinajstić information content (AvgIpc) is 3.43. The number of hydrogen-bond acceptors (Lipinski definition) is 7. The Morgan fingerprint density at radius 3 is 2.63 bits per heavy atom. The number of anilines is 2. The van der Waals surface area contributed by atoms with Gasteiger partial charge in [-0.3, -0.25) is 14.9 Å². The molecular formula is C21H20N4O4S. The second kappa shape index (κ2) is 9.02. The van der Waals surface area contributed by atoms with Crippen LogP contribution in [-0.2, 0) is 4.74 Å². The van der Waals surface area contributed by atoms with E-state index in [-0.39, 0.29) is 17.7 Å². The summed E-state index contributed by atoms with van der Waals surface area (Å²) >= 11 is 1.25. The van der Waals surface area contributed by atoms with Crippen molar-refractivity contribution in [2.45, 2.75) is 18.9 Å². The number of amides is 1. The lowest BCUT2D eigenvalue weighted by Crippen LogP contribution is -2.18. The van der Waals surface area contributed by atoms with Crippen LogP contribution in [0.3, 0.4) is 0 Å². The van der Waals surface area contributed by atoms with Gasteiger partial charge in [-0.25, -0.2) is 4.98 Å². The highest BCUT2D eigenvalue weighted by Gasteiger charge is 2.22. The van der Waals surface area contributed by atoms with Gasteiger partial charge in [0, 0.05) is 36.5 Å². The molecule has 3 aromatic rings. The second-order valence-electron chi connectivity index (χ2n) is 6.84. The van der Waals surface area contributed by atoms with E-state index < -0.39 is 4.92 Å². The van der Waals surface area contributed by atoms with Gasteiger partial charge in [0.05, 0.1) is 16.7 Å². The monoisotopic (exact) mass is 424 g/mol. The molecule has 0 bridgehead atoms. The van der Waals surface area contributed by atoms with Crippen LogP contribution in [0.4, 0.5) is 16.5 Å². The van der Waals surface area contributed by atoms with E-state index >= 15 is 0 Å². The van der Waals surface area contributed by atoms with E-state index in [9.17, 15) is 14.9 Å². The first kappa shape index (κ1) is 20.0. The maximum absolute atomic E-state index is 13.0. The largest absolute Gasteiger partial charge is 0.376 e. The number of aromatic nitrogens is 1. The van der Waals surface area contributed by atoms with Crippen molar-refractivity contribution in [3.05, 3.63) is 69.6 Å². The molecule has 1 saturated heterocycles. The van der Waals surface area contributed by atoms with Gasteiger partial charge < -0.3 is 15.4 Å². The number of nitrogens with zero attached hydrogens (tertiary/aromatic N) is 2. The minimum Gasteiger partial charge on any atom is -0.376 e. The van der Waals surface area contributed by atoms with Gasteiger partial charge in [0.2, 0.25) is 0 Å². The van der Waals surface area contributed by atoms with E-state index in [1.807, 2.05) is 18.2 Å². The van der Waals surface area contributed by atoms with Crippen molar-refractivity contribution in [3.8, 4) is 11.3 Å². The summed E-state index contributed by atoms with van der Waals surface area (Å²) in [6.07, 6.45) is 2.18. The predicted molar refractivity (Wildman–Crippen MR) is 116 cm³/mol. The molecule has 1 aliphatic heterocycles. The van der Waals surface area contributed by atoms with Gasteiger partial charge in [0.15, 0.2) is 5.13 Å². The summed E-state index contributed by atoms with van der Waals surface area (Å²) in [6, 6.07) is 15.2. The van der Waals surface area contributed by atoms with Crippen LogP contribution in [0.5, 0.6) is 0 Å². The number of nitro benzene ring substituents is 1. The summed E-state index contributed by atoms with van der Waals surface area (Å²) in [6.45, 7) is 1.38. The van der Waals surface area contributed by atoms with Gasteiger partial charge in [0.25, 0.3) is 11.6 Å². The van der Waals surface area contributed by atoms with Crippen LogP contribution >= 0.6 is 11.3 Å². The second-order valence-corrected chi connectivity index (χ2v) is 7.84. The number of non-ortho nitro benzene ring substituents is 1. The van der Waals surface area contributed by atoms with Crippen LogP contribution in [0.15, 0.2) is 54.6 Å². The zero-order chi connectivity index (χ0) is 20.9. The molecule has 0 spiro atoms. The van der Waals surface area contributed by atoms with Crippen molar-refractivity contribution >= 4 is 33.8 Å². The SMILES string of the molecule is O=C(Nc1ccccc1)c1sc(NC[C@@H]2CCCO2)nc1-c1ccc([N+](=O)[O-])cc1. The number of nitrogens with one attached hydrogen (secondary N) is 2. The number of nitro groups is 1. The van der Waals surface area contributed by atoms with Crippen molar-refractivity contribution < 1.29 is 14.5 Å². The lowest BCUT2D eigenvalue weighted by Gasteiger charge is -2.09. The molecule has 2 N–H and O–H groups in total. The van der Waals surface area contributed by atoms with Crippen molar-refractivity contribution in [1.29, 1.82) is 0 Å². The summed E-state index contributed by atoms with van der Waals surface area (Å²) in [5.41, 5.74) is 1.79. The summed E-state index contributed by atoms with van der Waals surface area (Å²) in [4.78, 5) is 28.5. The van der Waals surface area contributed by atoms with Crippen molar-refractivity contribution in [3.63, 3.8) is 0 Å². The number of rotatable bonds is 7. The molecule has 1 atom stereocenters. The van der Waals surface area contributed by atoms with Gasteiger partial charge in [-0.2, -0.15) is 0 Å². The van der Waals surface area contributed by atoms with Crippen LogP contribution in [0.2, 0.25) is 0 Å². The highest BCUT2D eigenvalue weighted by Crippen LogP contribution is 2.33. The topological polar surface area (TPSA) is 106 Å². The summed E-state index contributed by atoms with van der Waals surface area (Å²) in [5, 5.41) is 17.7. The Bertz CT molecular complexity index is 1030. The quantitative estimate of drug-likeness (QED) is 0.425. The first-order valence-electron chi connectivity index (χ1n) is 9.57. The predicted octanol–water partition coefficient (Wildman–Crippen LogP) is 4.56. The van der Waals surface area contributed by atoms with E-state index in [2.05, 4.69) is 15.6 Å². The third kappa shape index (κ3) is 4.64. The average molecular weight is 424 g/mol. The first-order chi connectivity index (χ1) is 14.6. The molecule has 2 aromatic carbocycles. The van der Waals surface area contributed by atoms with Gasteiger partial charge in [-0.1, -0.05) is 29.5 Å². The van der Waals surface area contributed by atoms with Crippen molar-refractivity contribution in [2.24, 2.45) is 0 Å². The maximum Gasteiger partial charge on any atom is 0.269 e. The molecular weight excluding hydrogens is 404 g/mol. The van der Waals surface area contributed by atoms with E-state index in [0.717, 1.165) is 19.4 Å². The Morgan fingerprint density at radius 1 is 1.20 bits per heavy atom. The van der Waals surface area contributed by atoms with Crippen LogP contribution in [0.1, 0.15) is 22.5 Å². The molecule has 1 fully saturated rings. The van der Waals surface area contributed by atoms with Crippen LogP contribution in [0.25, 0.3) is 11.3 Å². The van der Waals surface area contributed by atoms with Crippen LogP contribution in [-0.4, -0.2) is 35.1 Å². The third-order valence-corrected chi connectivity index (χ3v) is 5.73. The highest BCUT2D eigenvalue weighted by atomic mass is 32.1. The Morgan fingerprint density at radius 2 is 1.97 bits per heavy atom. The van der Waals surface area contributed by atoms with Crippen LogP contribution in [0, 0.1) is 10.1 Å². The Kier molecular flexibility index (Phi) is 6.01. The zero-order valence-electron chi connectivity index (χ0n) is 16.0. The maximum atomic E-state index is 13.0. The molecule has 2 heterocycles. The standard InChI is InChI=1S/C21H20N4O4S/c26-20(23-15-5-2-1-3-6-15)19-18(14-8-10-16(11-9-14)25(27)28)24-21(30-19)22-13-17-7-4-12-29-17/h1-3,5-6,8-11,17H,4,7,12-13H2,(H,22,24)(H,23,26)/t17-/m0/s1. The van der Waals surface area contributed by atoms with Gasteiger partial charge >= 0.3 is 0 Å². The van der Waals surface area contributed by atoms with Crippen molar-refractivity contribution in [2.75, 3.05) is 23.8 Å². The minimum atomic E-state index is -0.456. The van der Waals surface area contributed by atoms with Gasteiger partial charge in [-0.05, 0) is 37.1 Å². The van der Waals surface area contributed by atoms with E-state index in [0.29, 0.717) is 33.5 Å². The van der Waals surface area contributed by atoms with E-state index in [4.69, 9.17) is 4.74 Å². The lowest BCUT2D eigenvalue weighted by atomic mass is 10.1. The van der Waals surface area contributed by atoms with Crippen molar-refractivity contribution in [1.82, 2.24) is 4.98 Å². The van der Waals surface area contributed by atoms with Gasteiger partial charge in [0.1, 0.15) is 4.88 Å². The Hall–Kier alpha value is -3.30. The number of carbonyl (C=O) groups is 1. The molecule has 0 unspecified atom stereocenters. The van der Waals surface area contributed by atoms with E-state index in [1.165, 1.54) is 23.5 Å². The number of ether oxygens (including phenoxy) is 1. The number of thiazole rings is 1. The fourth-order valence-electron chi connectivity index (χ4n) is 3.20. The third-order valence-electron chi connectivity index (χ3n) is 4.72. The molecule has 9 heteroatoms.